The fraction of sp³-hybridized carbons (Fsp3) is 0.417. The Hall–Kier alpha value is 0.138. The molecule has 5 heteroatoms. The van der Waals surface area contributed by atoms with Gasteiger partial charge in [-0.15, -0.1) is 13.5 Å². The van der Waals surface area contributed by atoms with Crippen LogP contribution >= 0.6 is 15.8 Å². The van der Waals surface area contributed by atoms with Gasteiger partial charge >= 0.3 is 0 Å². The molecular weight excluding hydrogens is 639 g/mol. The minimum Gasteiger partial charge on any atom is -1.00 e. The summed E-state index contributed by atoms with van der Waals surface area (Å²) in [6.07, 6.45) is 14.5. The van der Waals surface area contributed by atoms with E-state index in [9.17, 15) is 0 Å². The Morgan fingerprint density at radius 3 is 1.52 bits per heavy atom. The number of nitrogens with zero attached hydrogens (tertiary/aromatic N) is 1. The van der Waals surface area contributed by atoms with Crippen molar-refractivity contribution in [3.63, 3.8) is 0 Å². The van der Waals surface area contributed by atoms with Gasteiger partial charge in [-0.1, -0.05) is 59.1 Å². The third kappa shape index (κ3) is 19.8. The fourth-order valence-electron chi connectivity index (χ4n) is 2.07. The van der Waals surface area contributed by atoms with E-state index in [-0.39, 0.29) is 46.0 Å². The van der Waals surface area contributed by atoms with Gasteiger partial charge in [0.05, 0.1) is 0 Å². The monoisotopic (exact) mass is 675 g/mol. The second kappa shape index (κ2) is 24.4. The SMILES string of the molecule is CCP(CC)CC.[Br-].[CH2-]P(CC)CC.[Pt].[c-]1ccc(/C=C/c2ccncc2)cc1. The Morgan fingerprint density at radius 1 is 0.793 bits per heavy atom. The number of rotatable bonds is 7. The smallest absolute Gasteiger partial charge is 0.0273 e. The molecule has 2 rings (SSSR count). The molecule has 1 heterocycles. The van der Waals surface area contributed by atoms with Crippen LogP contribution < -0.4 is 17.0 Å². The van der Waals surface area contributed by atoms with E-state index in [1.807, 2.05) is 36.4 Å². The van der Waals surface area contributed by atoms with Crippen molar-refractivity contribution in [1.82, 2.24) is 4.98 Å². The van der Waals surface area contributed by atoms with Crippen molar-refractivity contribution in [2.24, 2.45) is 0 Å². The standard InChI is InChI=1S/C13H10N.C6H15P.C5H12P.BrH.Pt/c1-2-4-12(5-3-1)6-7-13-8-10-14-11-9-13;1-4-7(5-2)6-3;1-4-6(3)5-2;;/h2-11H;4-6H2,1-3H3;3-5H2,1-2H3;1H;/q-1;;-1;;/p-1/b7-6+;;;;. The quantitative estimate of drug-likeness (QED) is 0.301. The molecule has 0 atom stereocenters. The third-order valence-electron chi connectivity index (χ3n) is 4.15. The molecule has 0 saturated heterocycles. The summed E-state index contributed by atoms with van der Waals surface area (Å²) in [6.45, 7) is 15.2. The molecule has 0 aliphatic carbocycles. The van der Waals surface area contributed by atoms with Gasteiger partial charge in [-0.05, 0) is 36.2 Å². The van der Waals surface area contributed by atoms with Crippen molar-refractivity contribution in [2.75, 3.05) is 30.8 Å². The van der Waals surface area contributed by atoms with Crippen molar-refractivity contribution in [3.8, 4) is 0 Å². The average Bonchev–Trinajstić information content (AvgIpc) is 2.75. The molecule has 0 unspecified atom stereocenters. The van der Waals surface area contributed by atoms with Crippen LogP contribution in [0.4, 0.5) is 0 Å². The van der Waals surface area contributed by atoms with E-state index in [1.54, 1.807) is 12.4 Å². The Balaban J connectivity index is -0.000000387. The zero-order valence-electron chi connectivity index (χ0n) is 18.6. The average molecular weight is 676 g/mol. The van der Waals surface area contributed by atoms with Gasteiger partial charge in [0, 0.05) is 33.5 Å². The van der Waals surface area contributed by atoms with E-state index in [0.717, 1.165) is 5.56 Å². The number of aromatic nitrogens is 1. The summed E-state index contributed by atoms with van der Waals surface area (Å²) >= 11 is 0. The second-order valence-corrected chi connectivity index (χ2v) is 11.7. The summed E-state index contributed by atoms with van der Waals surface area (Å²) in [6, 6.07) is 14.8. The summed E-state index contributed by atoms with van der Waals surface area (Å²) in [5.41, 5.74) is 2.34. The molecule has 29 heavy (non-hydrogen) atoms. The minimum absolute atomic E-state index is 0. The van der Waals surface area contributed by atoms with Gasteiger partial charge in [-0.25, -0.2) is 0 Å². The molecule has 1 aromatic carbocycles. The van der Waals surface area contributed by atoms with Crippen LogP contribution in [0.2, 0.25) is 0 Å². The molecule has 0 N–H and O–H groups in total. The van der Waals surface area contributed by atoms with E-state index < -0.39 is 0 Å². The van der Waals surface area contributed by atoms with Crippen molar-refractivity contribution >= 4 is 28.0 Å². The largest absolute Gasteiger partial charge is 1.00 e. The van der Waals surface area contributed by atoms with E-state index in [4.69, 9.17) is 0 Å². The number of pyridine rings is 1. The van der Waals surface area contributed by atoms with Crippen LogP contribution in [-0.4, -0.2) is 35.8 Å². The zero-order valence-corrected chi connectivity index (χ0v) is 24.2. The third-order valence-corrected chi connectivity index (χ3v) is 8.63. The van der Waals surface area contributed by atoms with Gasteiger partial charge in [0.2, 0.25) is 0 Å². The number of benzene rings is 1. The van der Waals surface area contributed by atoms with E-state index in [2.05, 4.69) is 64.5 Å². The molecule has 0 spiro atoms. The second-order valence-electron chi connectivity index (χ2n) is 5.87. The topological polar surface area (TPSA) is 12.9 Å². The van der Waals surface area contributed by atoms with E-state index in [1.165, 1.54) is 36.4 Å². The first-order chi connectivity index (χ1) is 13.1. The molecule has 0 bridgehead atoms. The molecule has 1 nitrogen and oxygen atoms in total. The molecule has 1 aromatic heterocycles. The van der Waals surface area contributed by atoms with Crippen LogP contribution in [0, 0.1) is 12.7 Å². The summed E-state index contributed by atoms with van der Waals surface area (Å²) in [7, 11) is 0.620. The van der Waals surface area contributed by atoms with Crippen LogP contribution in [0.15, 0.2) is 48.8 Å². The van der Waals surface area contributed by atoms with Crippen molar-refractivity contribution in [3.05, 3.63) is 72.6 Å². The van der Waals surface area contributed by atoms with Gasteiger partial charge in [0.15, 0.2) is 0 Å². The number of hydrogen-bond donors (Lipinski definition) is 0. The van der Waals surface area contributed by atoms with E-state index >= 15 is 0 Å². The molecule has 168 valence electrons. The van der Waals surface area contributed by atoms with E-state index in [0.29, 0.717) is 7.92 Å². The van der Waals surface area contributed by atoms with Gasteiger partial charge in [-0.2, -0.15) is 30.3 Å². The Bertz CT molecular complexity index is 527. The molecule has 0 saturated carbocycles. The first-order valence-corrected chi connectivity index (χ1v) is 13.7. The first-order valence-electron chi connectivity index (χ1n) is 9.93. The van der Waals surface area contributed by atoms with Crippen molar-refractivity contribution in [2.45, 2.75) is 34.6 Å². The van der Waals surface area contributed by atoms with Crippen LogP contribution in [0.5, 0.6) is 0 Å². The van der Waals surface area contributed by atoms with Crippen LogP contribution in [0.1, 0.15) is 45.7 Å². The van der Waals surface area contributed by atoms with Gasteiger partial charge < -0.3 is 23.6 Å². The number of halogens is 1. The number of hydrogen-bond acceptors (Lipinski definition) is 1. The summed E-state index contributed by atoms with van der Waals surface area (Å²) < 4.78 is 0. The van der Waals surface area contributed by atoms with Crippen LogP contribution in [0.3, 0.4) is 0 Å². The normalized spacial score (nSPS) is 9.66. The molecule has 0 radical (unpaired) electrons. The van der Waals surface area contributed by atoms with Gasteiger partial charge in [-0.3, -0.25) is 12.9 Å². The molecule has 2 aromatic rings. The summed E-state index contributed by atoms with van der Waals surface area (Å²) in [4.78, 5) is 3.96. The predicted octanol–water partition coefficient (Wildman–Crippen LogP) is 4.88. The zero-order chi connectivity index (χ0) is 20.3. The maximum atomic E-state index is 3.96. The summed E-state index contributed by atoms with van der Waals surface area (Å²) in [5.74, 6) is 0. The van der Waals surface area contributed by atoms with Crippen LogP contribution in [-0.2, 0) is 21.1 Å². The van der Waals surface area contributed by atoms with Crippen LogP contribution in [0.25, 0.3) is 12.2 Å². The van der Waals surface area contributed by atoms with Crippen molar-refractivity contribution < 1.29 is 38.0 Å². The first kappa shape index (κ1) is 33.8. The minimum atomic E-state index is 0. The molecule has 0 aliphatic heterocycles. The Kier molecular flexibility index (Phi) is 28.4. The maximum Gasteiger partial charge on any atom is 0.0273 e. The molecule has 0 amide bonds. The molecule has 0 fully saturated rings. The van der Waals surface area contributed by atoms with Crippen molar-refractivity contribution in [1.29, 1.82) is 0 Å². The molecule has 0 aliphatic rings. The maximum absolute atomic E-state index is 3.96. The summed E-state index contributed by atoms with van der Waals surface area (Å²) in [5, 5.41) is 0. The predicted molar refractivity (Wildman–Crippen MR) is 130 cm³/mol. The van der Waals surface area contributed by atoms with Gasteiger partial charge in [0.1, 0.15) is 0 Å². The molecular formula is C24H37BrNP2Pt-3. The van der Waals surface area contributed by atoms with Gasteiger partial charge in [0.25, 0.3) is 0 Å². The Labute approximate surface area is 208 Å². The Morgan fingerprint density at radius 2 is 1.21 bits per heavy atom. The fourth-order valence-corrected chi connectivity index (χ4v) is 3.86.